The lowest BCUT2D eigenvalue weighted by atomic mass is 9.86. The molecule has 132 valence electrons. The zero-order valence-corrected chi connectivity index (χ0v) is 16.7. The first-order valence-electron chi connectivity index (χ1n) is 7.98. The van der Waals surface area contributed by atoms with Gasteiger partial charge in [0.1, 0.15) is 5.75 Å². The minimum absolute atomic E-state index is 0.0359. The molecule has 0 saturated carbocycles. The number of para-hydroxylation sites is 1. The summed E-state index contributed by atoms with van der Waals surface area (Å²) in [4.78, 5) is 11.3. The van der Waals surface area contributed by atoms with Gasteiger partial charge in [-0.3, -0.25) is 4.79 Å². The molecule has 0 aliphatic rings. The van der Waals surface area contributed by atoms with E-state index in [1.54, 1.807) is 0 Å². The smallest absolute Gasteiger partial charge is 0.308 e. The monoisotopic (exact) mass is 340 g/mol. The Kier molecular flexibility index (Phi) is 6.33. The summed E-state index contributed by atoms with van der Waals surface area (Å²) in [5.74, 6) is 0.361. The zero-order chi connectivity index (χ0) is 17.9. The Morgan fingerprint density at radius 2 is 1.65 bits per heavy atom. The van der Waals surface area contributed by atoms with Crippen molar-refractivity contribution in [3.63, 3.8) is 0 Å². The average Bonchev–Trinajstić information content (AvgIpc) is 2.37. The van der Waals surface area contributed by atoms with E-state index in [9.17, 15) is 4.79 Å². The summed E-state index contributed by atoms with van der Waals surface area (Å²) in [6.45, 7) is 13.2. The second-order valence-corrected chi connectivity index (χ2v) is 12.1. The summed E-state index contributed by atoms with van der Waals surface area (Å²) in [5, 5.41) is 0. The molecule has 0 aromatic heterocycles. The second kappa shape index (κ2) is 7.27. The van der Waals surface area contributed by atoms with Gasteiger partial charge in [-0.1, -0.05) is 52.8 Å². The Bertz CT molecular complexity index is 542. The van der Waals surface area contributed by atoms with Crippen molar-refractivity contribution >= 4 is 16.3 Å². The molecular formula is C19H32O3S. The molecule has 0 aliphatic carbocycles. The maximum Gasteiger partial charge on any atom is 0.308 e. The highest BCUT2D eigenvalue weighted by molar-refractivity contribution is 8.29. The summed E-state index contributed by atoms with van der Waals surface area (Å²) < 4.78 is 11.8. The molecule has 0 fully saturated rings. The van der Waals surface area contributed by atoms with E-state index in [4.69, 9.17) is 8.92 Å². The Labute approximate surface area is 143 Å². The third-order valence-electron chi connectivity index (χ3n) is 4.11. The van der Waals surface area contributed by atoms with Crippen LogP contribution in [0.3, 0.4) is 0 Å². The molecule has 0 N–H and O–H groups in total. The van der Waals surface area contributed by atoms with Gasteiger partial charge in [-0.2, -0.15) is 0 Å². The molecule has 3 nitrogen and oxygen atoms in total. The minimum atomic E-state index is -1.14. The predicted octanol–water partition coefficient (Wildman–Crippen LogP) is 4.97. The summed E-state index contributed by atoms with van der Waals surface area (Å²) in [6.07, 6.45) is 5.24. The highest BCUT2D eigenvalue weighted by Crippen LogP contribution is 2.54. The van der Waals surface area contributed by atoms with Crippen LogP contribution in [0.5, 0.6) is 5.75 Å². The van der Waals surface area contributed by atoms with E-state index < -0.39 is 10.3 Å². The van der Waals surface area contributed by atoms with Gasteiger partial charge < -0.3 is 8.92 Å². The lowest BCUT2D eigenvalue weighted by Crippen LogP contribution is -2.30. The van der Waals surface area contributed by atoms with Crippen LogP contribution in [-0.4, -0.2) is 29.8 Å². The number of esters is 1. The average molecular weight is 341 g/mol. The van der Waals surface area contributed by atoms with E-state index in [0.717, 1.165) is 12.0 Å². The van der Waals surface area contributed by atoms with Crippen LogP contribution in [0.2, 0.25) is 0 Å². The maximum atomic E-state index is 11.3. The molecule has 1 aromatic rings. The maximum absolute atomic E-state index is 11.3. The molecule has 23 heavy (non-hydrogen) atoms. The standard InChI is InChI=1S/C19H32O3S/c1-15(20)22-17-12-10-9-11-16(17)13-19(5,6)14-21-23(7,8)18(2,3)4/h9-12H,13-14H2,1-8H3. The summed E-state index contributed by atoms with van der Waals surface area (Å²) in [5.41, 5.74) is 1.01. The van der Waals surface area contributed by atoms with Crippen LogP contribution in [0.25, 0.3) is 0 Å². The number of hydrogen-bond acceptors (Lipinski definition) is 3. The van der Waals surface area contributed by atoms with Gasteiger partial charge in [-0.15, -0.1) is 10.3 Å². The molecule has 0 radical (unpaired) electrons. The fourth-order valence-corrected chi connectivity index (χ4v) is 2.92. The lowest BCUT2D eigenvalue weighted by molar-refractivity contribution is -0.131. The fourth-order valence-electron chi connectivity index (χ4n) is 1.95. The van der Waals surface area contributed by atoms with Crippen LogP contribution >= 0.6 is 10.3 Å². The normalized spacial score (nSPS) is 13.7. The highest BCUT2D eigenvalue weighted by Gasteiger charge is 2.31. The first-order valence-corrected chi connectivity index (χ1v) is 10.4. The Morgan fingerprint density at radius 3 is 2.17 bits per heavy atom. The van der Waals surface area contributed by atoms with Crippen LogP contribution in [0.4, 0.5) is 0 Å². The van der Waals surface area contributed by atoms with Crippen molar-refractivity contribution in [1.82, 2.24) is 0 Å². The quantitative estimate of drug-likeness (QED) is 0.541. The van der Waals surface area contributed by atoms with Crippen LogP contribution in [0.15, 0.2) is 24.3 Å². The molecule has 0 spiro atoms. The largest absolute Gasteiger partial charge is 0.426 e. The van der Waals surface area contributed by atoms with Gasteiger partial charge in [0.05, 0.1) is 6.61 Å². The van der Waals surface area contributed by atoms with Crippen LogP contribution in [-0.2, 0) is 15.4 Å². The molecule has 0 atom stereocenters. The van der Waals surface area contributed by atoms with Gasteiger partial charge in [0.2, 0.25) is 0 Å². The zero-order valence-electron chi connectivity index (χ0n) is 15.9. The molecule has 0 saturated heterocycles. The first-order chi connectivity index (χ1) is 10.3. The third kappa shape index (κ3) is 6.19. The topological polar surface area (TPSA) is 35.5 Å². The molecule has 0 unspecified atom stereocenters. The van der Waals surface area contributed by atoms with E-state index in [-0.39, 0.29) is 16.1 Å². The van der Waals surface area contributed by atoms with Crippen molar-refractivity contribution in [2.24, 2.45) is 5.41 Å². The fraction of sp³-hybridized carbons (Fsp3) is 0.632. The van der Waals surface area contributed by atoms with E-state index in [1.807, 2.05) is 24.3 Å². The van der Waals surface area contributed by atoms with E-state index in [1.165, 1.54) is 6.92 Å². The Balaban J connectivity index is 2.81. The molecule has 0 aliphatic heterocycles. The molecule has 1 rings (SSSR count). The Hall–Kier alpha value is -1.00. The molecule has 1 aromatic carbocycles. The van der Waals surface area contributed by atoms with E-state index >= 15 is 0 Å². The van der Waals surface area contributed by atoms with Gasteiger partial charge in [0.25, 0.3) is 0 Å². The van der Waals surface area contributed by atoms with Crippen LogP contribution in [0.1, 0.15) is 47.1 Å². The second-order valence-electron chi connectivity index (χ2n) is 8.15. The predicted molar refractivity (Wildman–Crippen MR) is 100 cm³/mol. The Morgan fingerprint density at radius 1 is 1.09 bits per heavy atom. The lowest BCUT2D eigenvalue weighted by Gasteiger charge is -2.45. The number of benzene rings is 1. The number of hydrogen-bond donors (Lipinski definition) is 0. The molecule has 0 amide bonds. The number of rotatable bonds is 6. The van der Waals surface area contributed by atoms with Crippen molar-refractivity contribution in [3.8, 4) is 5.75 Å². The van der Waals surface area contributed by atoms with Crippen molar-refractivity contribution in [1.29, 1.82) is 0 Å². The first kappa shape index (κ1) is 20.0. The van der Waals surface area contributed by atoms with Crippen molar-refractivity contribution < 1.29 is 13.7 Å². The highest BCUT2D eigenvalue weighted by atomic mass is 32.3. The summed E-state index contributed by atoms with van der Waals surface area (Å²) >= 11 is 0. The van der Waals surface area contributed by atoms with Gasteiger partial charge in [-0.05, 0) is 36.0 Å². The van der Waals surface area contributed by atoms with E-state index in [2.05, 4.69) is 47.1 Å². The minimum Gasteiger partial charge on any atom is -0.426 e. The molecule has 4 heteroatoms. The van der Waals surface area contributed by atoms with Gasteiger partial charge in [0, 0.05) is 11.7 Å². The summed E-state index contributed by atoms with van der Waals surface area (Å²) in [7, 11) is -1.14. The van der Waals surface area contributed by atoms with Gasteiger partial charge in [0.15, 0.2) is 0 Å². The van der Waals surface area contributed by atoms with Crippen molar-refractivity contribution in [2.45, 2.75) is 52.7 Å². The molecule has 0 heterocycles. The number of carbonyl (C=O) groups excluding carboxylic acids is 1. The molecular weight excluding hydrogens is 308 g/mol. The van der Waals surface area contributed by atoms with Gasteiger partial charge >= 0.3 is 5.97 Å². The van der Waals surface area contributed by atoms with E-state index in [0.29, 0.717) is 12.4 Å². The van der Waals surface area contributed by atoms with Gasteiger partial charge in [-0.25, -0.2) is 0 Å². The van der Waals surface area contributed by atoms with Crippen LogP contribution in [0, 0.1) is 5.41 Å². The SMILES string of the molecule is CC(=O)Oc1ccccc1CC(C)(C)COS(C)(C)C(C)(C)C. The molecule has 0 bridgehead atoms. The summed E-state index contributed by atoms with van der Waals surface area (Å²) in [6, 6.07) is 7.72. The van der Waals surface area contributed by atoms with Crippen molar-refractivity contribution in [2.75, 3.05) is 19.1 Å². The van der Waals surface area contributed by atoms with Crippen molar-refractivity contribution in [3.05, 3.63) is 29.8 Å². The number of ether oxygens (including phenoxy) is 1. The third-order valence-corrected chi connectivity index (χ3v) is 7.77. The number of carbonyl (C=O) groups is 1. The van der Waals surface area contributed by atoms with Crippen LogP contribution < -0.4 is 4.74 Å².